The van der Waals surface area contributed by atoms with Gasteiger partial charge in [-0.25, -0.2) is 4.68 Å². The highest BCUT2D eigenvalue weighted by Gasteiger charge is 2.18. The van der Waals surface area contributed by atoms with Crippen molar-refractivity contribution in [1.29, 1.82) is 0 Å². The largest absolute Gasteiger partial charge is 0.290 e. The van der Waals surface area contributed by atoms with E-state index >= 15 is 0 Å². The molecular formula is C19H16N6O3. The average molecular weight is 376 g/mol. The van der Waals surface area contributed by atoms with Gasteiger partial charge in [-0.05, 0) is 25.1 Å². The second-order valence-corrected chi connectivity index (χ2v) is 6.35. The number of nitrogens with one attached hydrogen (secondary N) is 3. The zero-order valence-corrected chi connectivity index (χ0v) is 15.1. The summed E-state index contributed by atoms with van der Waals surface area (Å²) in [4.78, 5) is 37.2. The van der Waals surface area contributed by atoms with Crippen LogP contribution >= 0.6 is 0 Å². The molecule has 0 radical (unpaired) electrons. The number of carbonyl (C=O) groups excluding carboxylic acids is 2. The molecule has 2 aromatic carbocycles. The summed E-state index contributed by atoms with van der Waals surface area (Å²) < 4.78 is 1.09. The van der Waals surface area contributed by atoms with Crippen LogP contribution in [0.4, 0.5) is 0 Å². The molecule has 2 amide bonds. The Morgan fingerprint density at radius 2 is 1.64 bits per heavy atom. The summed E-state index contributed by atoms with van der Waals surface area (Å²) in [7, 11) is 1.46. The van der Waals surface area contributed by atoms with Crippen molar-refractivity contribution in [3.63, 3.8) is 0 Å². The monoisotopic (exact) mass is 376 g/mol. The van der Waals surface area contributed by atoms with Crippen LogP contribution in [0, 0.1) is 6.92 Å². The molecule has 0 saturated heterocycles. The van der Waals surface area contributed by atoms with E-state index in [-0.39, 0.29) is 16.9 Å². The first-order chi connectivity index (χ1) is 13.5. The van der Waals surface area contributed by atoms with Crippen molar-refractivity contribution in [3.05, 3.63) is 69.8 Å². The summed E-state index contributed by atoms with van der Waals surface area (Å²) >= 11 is 0. The minimum absolute atomic E-state index is 0.0285. The maximum Gasteiger partial charge on any atom is 0.290 e. The van der Waals surface area contributed by atoms with E-state index in [9.17, 15) is 14.4 Å². The van der Waals surface area contributed by atoms with Crippen molar-refractivity contribution in [2.45, 2.75) is 6.92 Å². The molecule has 0 saturated carbocycles. The van der Waals surface area contributed by atoms with Gasteiger partial charge in [-0.15, -0.1) is 0 Å². The Bertz CT molecular complexity index is 1300. The number of benzene rings is 2. The first kappa shape index (κ1) is 17.4. The molecule has 4 aromatic rings. The van der Waals surface area contributed by atoms with Crippen LogP contribution in [-0.4, -0.2) is 31.8 Å². The number of hydrogen-bond acceptors (Lipinski definition) is 5. The van der Waals surface area contributed by atoms with Crippen molar-refractivity contribution in [2.24, 2.45) is 7.05 Å². The fourth-order valence-corrected chi connectivity index (χ4v) is 3.00. The van der Waals surface area contributed by atoms with Gasteiger partial charge in [-0.1, -0.05) is 29.8 Å². The number of hydrazine groups is 1. The van der Waals surface area contributed by atoms with Crippen molar-refractivity contribution in [3.8, 4) is 0 Å². The number of rotatable bonds is 2. The van der Waals surface area contributed by atoms with Crippen molar-refractivity contribution in [2.75, 3.05) is 0 Å². The summed E-state index contributed by atoms with van der Waals surface area (Å²) in [6, 6.07) is 12.2. The standard InChI is InChI=1S/C19H16N6O3/c1-10-7-8-14-13(9-10)15(21-20-14)17(26)22-23-18(27)16-11-5-3-4-6-12(11)19(28)25(2)24-16/h3-9H,1-2H3,(H,20,21)(H,22,26)(H,23,27). The van der Waals surface area contributed by atoms with Gasteiger partial charge in [0.05, 0.1) is 10.9 Å². The summed E-state index contributed by atoms with van der Waals surface area (Å²) in [5.74, 6) is -1.21. The fourth-order valence-electron chi connectivity index (χ4n) is 3.00. The van der Waals surface area contributed by atoms with Gasteiger partial charge < -0.3 is 0 Å². The first-order valence-corrected chi connectivity index (χ1v) is 8.47. The van der Waals surface area contributed by atoms with E-state index < -0.39 is 11.8 Å². The molecule has 0 atom stereocenters. The number of hydrogen-bond donors (Lipinski definition) is 3. The highest BCUT2D eigenvalue weighted by Crippen LogP contribution is 2.17. The number of amides is 2. The van der Waals surface area contributed by atoms with E-state index in [1.165, 1.54) is 7.05 Å². The molecule has 3 N–H and O–H groups in total. The Labute approximate surface area is 158 Å². The highest BCUT2D eigenvalue weighted by atomic mass is 16.2. The summed E-state index contributed by atoms with van der Waals surface area (Å²) in [6.45, 7) is 1.91. The number of carbonyl (C=O) groups is 2. The van der Waals surface area contributed by atoms with E-state index in [1.807, 2.05) is 25.1 Å². The molecule has 0 spiro atoms. The van der Waals surface area contributed by atoms with Gasteiger partial charge in [0.1, 0.15) is 0 Å². The molecule has 9 nitrogen and oxygen atoms in total. The predicted octanol–water partition coefficient (Wildman–Crippen LogP) is 1.19. The maximum atomic E-state index is 12.6. The van der Waals surface area contributed by atoms with Crippen LogP contribution in [-0.2, 0) is 7.05 Å². The third-order valence-electron chi connectivity index (χ3n) is 4.39. The second kappa shape index (κ2) is 6.62. The summed E-state index contributed by atoms with van der Waals surface area (Å²) in [5, 5.41) is 12.2. The lowest BCUT2D eigenvalue weighted by atomic mass is 10.1. The number of aromatic amines is 1. The fraction of sp³-hybridized carbons (Fsp3) is 0.105. The van der Waals surface area contributed by atoms with Gasteiger partial charge in [0.2, 0.25) is 0 Å². The number of fused-ring (bicyclic) bond motifs is 2. The van der Waals surface area contributed by atoms with E-state index in [0.29, 0.717) is 21.7 Å². The van der Waals surface area contributed by atoms with Crippen molar-refractivity contribution >= 4 is 33.5 Å². The normalized spacial score (nSPS) is 10.9. The van der Waals surface area contributed by atoms with Gasteiger partial charge in [0.25, 0.3) is 17.4 Å². The third kappa shape index (κ3) is 2.88. The molecule has 0 aliphatic heterocycles. The number of aryl methyl sites for hydroxylation is 2. The smallest absolute Gasteiger partial charge is 0.277 e. The molecule has 0 unspecified atom stereocenters. The zero-order valence-electron chi connectivity index (χ0n) is 15.1. The van der Waals surface area contributed by atoms with Gasteiger partial charge in [-0.2, -0.15) is 10.2 Å². The second-order valence-electron chi connectivity index (χ2n) is 6.35. The van der Waals surface area contributed by atoms with Gasteiger partial charge in [0.15, 0.2) is 11.4 Å². The number of nitrogens with zero attached hydrogens (tertiary/aromatic N) is 3. The molecule has 0 aliphatic carbocycles. The van der Waals surface area contributed by atoms with Gasteiger partial charge in [-0.3, -0.25) is 30.3 Å². The van der Waals surface area contributed by atoms with Crippen LogP contribution < -0.4 is 16.4 Å². The number of H-pyrrole nitrogens is 1. The van der Waals surface area contributed by atoms with E-state index in [4.69, 9.17) is 0 Å². The topological polar surface area (TPSA) is 122 Å². The zero-order chi connectivity index (χ0) is 19.8. The predicted molar refractivity (Wildman–Crippen MR) is 103 cm³/mol. The molecular weight excluding hydrogens is 360 g/mol. The van der Waals surface area contributed by atoms with Crippen LogP contribution in [0.1, 0.15) is 26.5 Å². The van der Waals surface area contributed by atoms with Crippen molar-refractivity contribution in [1.82, 2.24) is 30.8 Å². The lowest BCUT2D eigenvalue weighted by Gasteiger charge is -2.09. The Kier molecular flexibility index (Phi) is 4.11. The van der Waals surface area contributed by atoms with Crippen LogP contribution in [0.25, 0.3) is 21.7 Å². The molecule has 0 bridgehead atoms. The van der Waals surface area contributed by atoms with Crippen LogP contribution in [0.2, 0.25) is 0 Å². The Morgan fingerprint density at radius 1 is 0.964 bits per heavy atom. The molecule has 28 heavy (non-hydrogen) atoms. The molecule has 2 aromatic heterocycles. The Morgan fingerprint density at radius 3 is 2.39 bits per heavy atom. The summed E-state index contributed by atoms with van der Waals surface area (Å²) in [5.41, 5.74) is 6.26. The minimum Gasteiger partial charge on any atom is -0.277 e. The van der Waals surface area contributed by atoms with Crippen molar-refractivity contribution < 1.29 is 9.59 Å². The quantitative estimate of drug-likeness (QED) is 0.454. The van der Waals surface area contributed by atoms with E-state index in [1.54, 1.807) is 24.3 Å². The lowest BCUT2D eigenvalue weighted by molar-refractivity contribution is 0.0842. The highest BCUT2D eigenvalue weighted by molar-refractivity contribution is 6.08. The van der Waals surface area contributed by atoms with Gasteiger partial charge in [0, 0.05) is 17.8 Å². The SMILES string of the molecule is Cc1ccc2[nH]nc(C(=O)NNC(=O)c3nn(C)c(=O)c4ccccc34)c2c1. The average Bonchev–Trinajstić information content (AvgIpc) is 3.11. The van der Waals surface area contributed by atoms with Crippen LogP contribution in [0.5, 0.6) is 0 Å². The van der Waals surface area contributed by atoms with Crippen LogP contribution in [0.3, 0.4) is 0 Å². The first-order valence-electron chi connectivity index (χ1n) is 8.47. The Balaban J connectivity index is 1.60. The molecule has 9 heteroatoms. The lowest BCUT2D eigenvalue weighted by Crippen LogP contribution is -2.43. The van der Waals surface area contributed by atoms with E-state index in [2.05, 4.69) is 26.1 Å². The Hall–Kier alpha value is -4.01. The molecule has 0 fully saturated rings. The number of aromatic nitrogens is 4. The molecule has 2 heterocycles. The van der Waals surface area contributed by atoms with Gasteiger partial charge >= 0.3 is 0 Å². The van der Waals surface area contributed by atoms with Crippen LogP contribution in [0.15, 0.2) is 47.3 Å². The molecule has 4 rings (SSSR count). The van der Waals surface area contributed by atoms with E-state index in [0.717, 1.165) is 10.2 Å². The minimum atomic E-state index is -0.642. The molecule has 140 valence electrons. The maximum absolute atomic E-state index is 12.6. The molecule has 0 aliphatic rings. The summed E-state index contributed by atoms with van der Waals surface area (Å²) in [6.07, 6.45) is 0. The third-order valence-corrected chi connectivity index (χ3v) is 4.39.